The van der Waals surface area contributed by atoms with Gasteiger partial charge in [-0.25, -0.2) is 4.98 Å². The van der Waals surface area contributed by atoms with Crippen molar-refractivity contribution in [3.63, 3.8) is 0 Å². The van der Waals surface area contributed by atoms with Crippen molar-refractivity contribution in [2.24, 2.45) is 0 Å². The number of aromatic nitrogens is 2. The summed E-state index contributed by atoms with van der Waals surface area (Å²) in [6, 6.07) is 5.50. The van der Waals surface area contributed by atoms with Crippen molar-refractivity contribution in [2.45, 2.75) is 26.3 Å². The molecule has 0 saturated carbocycles. The van der Waals surface area contributed by atoms with Crippen molar-refractivity contribution in [1.29, 1.82) is 0 Å². The van der Waals surface area contributed by atoms with Gasteiger partial charge in [-0.05, 0) is 40.0 Å². The number of pyridine rings is 1. The molecule has 3 heterocycles. The molecule has 0 bridgehead atoms. The number of nitrogens with one attached hydrogen (secondary N) is 1. The minimum absolute atomic E-state index is 0.119. The van der Waals surface area contributed by atoms with E-state index in [9.17, 15) is 9.59 Å². The number of amides is 2. The smallest absolute Gasteiger partial charge is 0.288 e. The Balaban J connectivity index is 1.96. The molecule has 0 aromatic carbocycles. The number of nitrogens with zero attached hydrogens (tertiary/aromatic N) is 4. The number of hydrogen-bond acceptors (Lipinski definition) is 4. The van der Waals surface area contributed by atoms with Crippen molar-refractivity contribution in [1.82, 2.24) is 24.5 Å². The zero-order chi connectivity index (χ0) is 18.2. The Labute approximate surface area is 147 Å². The lowest BCUT2D eigenvalue weighted by Crippen LogP contribution is -2.47. The van der Waals surface area contributed by atoms with Gasteiger partial charge in [0.2, 0.25) is 5.82 Å². The Morgan fingerprint density at radius 1 is 1.12 bits per heavy atom. The van der Waals surface area contributed by atoms with E-state index in [2.05, 4.69) is 15.2 Å². The molecule has 0 unspecified atom stereocenters. The van der Waals surface area contributed by atoms with Crippen molar-refractivity contribution in [2.75, 3.05) is 33.2 Å². The van der Waals surface area contributed by atoms with Crippen LogP contribution in [0.5, 0.6) is 0 Å². The number of carbonyl (C=O) groups is 2. The molecule has 7 heteroatoms. The average molecular weight is 343 g/mol. The number of fused-ring (bicyclic) bond motifs is 1. The number of imidazole rings is 1. The van der Waals surface area contributed by atoms with Crippen LogP contribution in [0.2, 0.25) is 0 Å². The Morgan fingerprint density at radius 3 is 2.44 bits per heavy atom. The highest BCUT2D eigenvalue weighted by molar-refractivity contribution is 6.02. The molecule has 1 fully saturated rings. The molecule has 7 nitrogen and oxygen atoms in total. The van der Waals surface area contributed by atoms with Crippen LogP contribution < -0.4 is 5.32 Å². The maximum atomic E-state index is 12.9. The molecule has 1 saturated heterocycles. The molecule has 2 aromatic heterocycles. The first-order valence-electron chi connectivity index (χ1n) is 8.54. The van der Waals surface area contributed by atoms with Crippen LogP contribution in [-0.2, 0) is 0 Å². The number of hydrogen-bond donors (Lipinski definition) is 1. The fraction of sp³-hybridized carbons (Fsp3) is 0.500. The summed E-state index contributed by atoms with van der Waals surface area (Å²) in [5.74, 6) is -0.166. The minimum Gasteiger partial charge on any atom is -0.345 e. The first kappa shape index (κ1) is 17.4. The van der Waals surface area contributed by atoms with Crippen LogP contribution in [0.1, 0.15) is 41.9 Å². The number of piperazine rings is 1. The maximum Gasteiger partial charge on any atom is 0.288 e. The van der Waals surface area contributed by atoms with Crippen molar-refractivity contribution < 1.29 is 9.59 Å². The van der Waals surface area contributed by atoms with E-state index < -0.39 is 0 Å². The lowest BCUT2D eigenvalue weighted by molar-refractivity contribution is 0.0661. The van der Waals surface area contributed by atoms with E-state index in [1.54, 1.807) is 15.5 Å². The van der Waals surface area contributed by atoms with Crippen molar-refractivity contribution >= 4 is 17.3 Å². The number of rotatable bonds is 2. The summed E-state index contributed by atoms with van der Waals surface area (Å²) in [4.78, 5) is 34.0. The summed E-state index contributed by atoms with van der Waals surface area (Å²) < 4.78 is 1.68. The van der Waals surface area contributed by atoms with Gasteiger partial charge in [0.25, 0.3) is 11.8 Å². The monoisotopic (exact) mass is 343 g/mol. The highest BCUT2D eigenvalue weighted by Gasteiger charge is 2.27. The van der Waals surface area contributed by atoms with Crippen LogP contribution in [0.25, 0.3) is 5.52 Å². The SMILES string of the molecule is CN1CCN(C(=O)c2nc(C(=O)NC(C)(C)C)n3ccccc23)CC1. The molecule has 0 radical (unpaired) electrons. The molecule has 0 spiro atoms. The molecule has 0 atom stereocenters. The lowest BCUT2D eigenvalue weighted by atomic mass is 10.1. The van der Waals surface area contributed by atoms with Crippen LogP contribution in [0.4, 0.5) is 0 Å². The third kappa shape index (κ3) is 3.66. The first-order chi connectivity index (χ1) is 11.8. The summed E-state index contributed by atoms with van der Waals surface area (Å²) in [6.45, 7) is 8.77. The minimum atomic E-state index is -0.376. The molecule has 25 heavy (non-hydrogen) atoms. The van der Waals surface area contributed by atoms with Crippen LogP contribution in [0.3, 0.4) is 0 Å². The highest BCUT2D eigenvalue weighted by Crippen LogP contribution is 2.17. The molecule has 1 aliphatic heterocycles. The highest BCUT2D eigenvalue weighted by atomic mass is 16.2. The molecule has 2 aromatic rings. The summed E-state index contributed by atoms with van der Waals surface area (Å²) in [7, 11) is 2.04. The van der Waals surface area contributed by atoms with Crippen molar-refractivity contribution in [3.8, 4) is 0 Å². The summed E-state index contributed by atoms with van der Waals surface area (Å²) in [5, 5.41) is 2.91. The van der Waals surface area contributed by atoms with Gasteiger partial charge in [-0.2, -0.15) is 0 Å². The van der Waals surface area contributed by atoms with Crippen LogP contribution >= 0.6 is 0 Å². The standard InChI is InChI=1S/C18H25N5O2/c1-18(2,3)20-16(24)15-19-14(13-7-5-6-8-23(13)15)17(25)22-11-9-21(4)10-12-22/h5-8H,9-12H2,1-4H3,(H,20,24). The molecular weight excluding hydrogens is 318 g/mol. The maximum absolute atomic E-state index is 12.9. The molecule has 3 rings (SSSR count). The van der Waals surface area contributed by atoms with Crippen LogP contribution in [0, 0.1) is 0 Å². The Hall–Kier alpha value is -2.41. The van der Waals surface area contributed by atoms with Crippen LogP contribution in [-0.4, -0.2) is 69.8 Å². The van der Waals surface area contributed by atoms with Gasteiger partial charge in [-0.3, -0.25) is 14.0 Å². The number of likely N-dealkylation sites (N-methyl/N-ethyl adjacent to an activating group) is 1. The van der Waals surface area contributed by atoms with E-state index in [0.717, 1.165) is 13.1 Å². The zero-order valence-corrected chi connectivity index (χ0v) is 15.2. The van der Waals surface area contributed by atoms with Gasteiger partial charge in [0.15, 0.2) is 5.69 Å². The normalized spacial score (nSPS) is 16.2. The molecular formula is C18H25N5O2. The lowest BCUT2D eigenvalue weighted by Gasteiger charge is -2.32. The van der Waals surface area contributed by atoms with Gasteiger partial charge >= 0.3 is 0 Å². The Bertz CT molecular complexity index is 797. The summed E-state index contributed by atoms with van der Waals surface area (Å²) in [6.07, 6.45) is 1.76. The van der Waals surface area contributed by atoms with Gasteiger partial charge in [0.05, 0.1) is 5.52 Å². The number of carbonyl (C=O) groups excluding carboxylic acids is 2. The zero-order valence-electron chi connectivity index (χ0n) is 15.2. The van der Waals surface area contributed by atoms with E-state index in [4.69, 9.17) is 0 Å². The quantitative estimate of drug-likeness (QED) is 0.891. The predicted octanol–water partition coefficient (Wildman–Crippen LogP) is 1.25. The van der Waals surface area contributed by atoms with E-state index in [1.807, 2.05) is 46.0 Å². The van der Waals surface area contributed by atoms with Crippen LogP contribution in [0.15, 0.2) is 24.4 Å². The third-order valence-electron chi connectivity index (χ3n) is 4.23. The van der Waals surface area contributed by atoms with E-state index in [-0.39, 0.29) is 23.2 Å². The van der Waals surface area contributed by atoms with Gasteiger partial charge in [-0.15, -0.1) is 0 Å². The third-order valence-corrected chi connectivity index (χ3v) is 4.23. The first-order valence-corrected chi connectivity index (χ1v) is 8.54. The van der Waals surface area contributed by atoms with Gasteiger partial charge in [0.1, 0.15) is 0 Å². The fourth-order valence-electron chi connectivity index (χ4n) is 2.91. The second-order valence-electron chi connectivity index (χ2n) is 7.54. The largest absolute Gasteiger partial charge is 0.345 e. The van der Waals surface area contributed by atoms with E-state index in [0.29, 0.717) is 24.3 Å². The van der Waals surface area contributed by atoms with E-state index >= 15 is 0 Å². The summed E-state index contributed by atoms with van der Waals surface area (Å²) in [5.41, 5.74) is 0.619. The second kappa shape index (κ2) is 6.48. The second-order valence-corrected chi connectivity index (χ2v) is 7.54. The predicted molar refractivity (Wildman–Crippen MR) is 95.8 cm³/mol. The molecule has 0 aliphatic carbocycles. The molecule has 1 N–H and O–H groups in total. The van der Waals surface area contributed by atoms with Gasteiger partial charge in [-0.1, -0.05) is 6.07 Å². The summed E-state index contributed by atoms with van der Waals surface area (Å²) >= 11 is 0. The van der Waals surface area contributed by atoms with Gasteiger partial charge in [0, 0.05) is 37.9 Å². The molecule has 134 valence electrons. The fourth-order valence-corrected chi connectivity index (χ4v) is 2.91. The van der Waals surface area contributed by atoms with Crippen molar-refractivity contribution in [3.05, 3.63) is 35.9 Å². The topological polar surface area (TPSA) is 69.9 Å². The Morgan fingerprint density at radius 2 is 1.80 bits per heavy atom. The van der Waals surface area contributed by atoms with Gasteiger partial charge < -0.3 is 15.1 Å². The Kier molecular flexibility index (Phi) is 4.51. The average Bonchev–Trinajstić information content (AvgIpc) is 2.93. The van der Waals surface area contributed by atoms with E-state index in [1.165, 1.54) is 0 Å². The molecule has 2 amide bonds. The molecule has 1 aliphatic rings.